The number of amides is 2. The van der Waals surface area contributed by atoms with Crippen LogP contribution >= 0.6 is 11.6 Å². The van der Waals surface area contributed by atoms with Gasteiger partial charge < -0.3 is 15.2 Å². The van der Waals surface area contributed by atoms with Crippen molar-refractivity contribution in [3.63, 3.8) is 0 Å². The number of rotatable bonds is 7. The van der Waals surface area contributed by atoms with Crippen LogP contribution in [-0.4, -0.2) is 30.2 Å². The van der Waals surface area contributed by atoms with Crippen molar-refractivity contribution in [2.45, 2.75) is 6.42 Å². The Morgan fingerprint density at radius 2 is 1.80 bits per heavy atom. The molecule has 3 N–H and O–H groups in total. The van der Waals surface area contributed by atoms with E-state index >= 15 is 0 Å². The van der Waals surface area contributed by atoms with Crippen molar-refractivity contribution >= 4 is 46.1 Å². The standard InChI is InChI=1S/C27H22ClN3O4/c1-35-20-6-4-5-17(13-20)14-26(33)30-24-11-9-19(21-7-2-3-8-22(21)24)16-29-31-27(34)18-10-12-25(32)23(28)15-18/h2-13,15-16,32H,14H2,1H3,(H,30,33)(H,31,34)/b29-16+. The predicted octanol–water partition coefficient (Wildman–Crippen LogP) is 5.15. The van der Waals surface area contributed by atoms with E-state index in [9.17, 15) is 14.7 Å². The number of phenols is 1. The fraction of sp³-hybridized carbons (Fsp3) is 0.0741. The number of halogens is 1. The SMILES string of the molecule is COc1cccc(CC(=O)Nc2ccc(/C=N/NC(=O)c3ccc(O)c(Cl)c3)c3ccccc23)c1. The van der Waals surface area contributed by atoms with Crippen LogP contribution in [0.2, 0.25) is 5.02 Å². The topological polar surface area (TPSA) is 100 Å². The number of ether oxygens (including phenoxy) is 1. The highest BCUT2D eigenvalue weighted by Gasteiger charge is 2.10. The third-order valence-corrected chi connectivity index (χ3v) is 5.61. The molecule has 0 atom stereocenters. The number of nitrogens with one attached hydrogen (secondary N) is 2. The summed E-state index contributed by atoms with van der Waals surface area (Å²) in [4.78, 5) is 25.0. The van der Waals surface area contributed by atoms with E-state index in [-0.39, 0.29) is 28.7 Å². The zero-order valence-corrected chi connectivity index (χ0v) is 19.5. The zero-order valence-electron chi connectivity index (χ0n) is 18.8. The molecule has 0 saturated carbocycles. The minimum atomic E-state index is -0.464. The quantitative estimate of drug-likeness (QED) is 0.248. The van der Waals surface area contributed by atoms with Gasteiger partial charge in [0.25, 0.3) is 5.91 Å². The first-order valence-corrected chi connectivity index (χ1v) is 11.1. The van der Waals surface area contributed by atoms with E-state index in [0.717, 1.165) is 21.9 Å². The summed E-state index contributed by atoms with van der Waals surface area (Å²) in [5.41, 5.74) is 5.00. The second kappa shape index (κ2) is 10.7. The molecule has 0 spiro atoms. The van der Waals surface area contributed by atoms with Crippen LogP contribution in [0.3, 0.4) is 0 Å². The molecule has 0 unspecified atom stereocenters. The van der Waals surface area contributed by atoms with Gasteiger partial charge >= 0.3 is 0 Å². The Kier molecular flexibility index (Phi) is 7.28. The lowest BCUT2D eigenvalue weighted by Gasteiger charge is -2.11. The first-order valence-electron chi connectivity index (χ1n) is 10.7. The molecule has 176 valence electrons. The van der Waals surface area contributed by atoms with Crippen LogP contribution in [0.5, 0.6) is 11.5 Å². The summed E-state index contributed by atoms with van der Waals surface area (Å²) >= 11 is 5.86. The number of anilines is 1. The van der Waals surface area contributed by atoms with Crippen LogP contribution in [-0.2, 0) is 11.2 Å². The van der Waals surface area contributed by atoms with Gasteiger partial charge in [0.2, 0.25) is 5.91 Å². The summed E-state index contributed by atoms with van der Waals surface area (Å²) < 4.78 is 5.22. The van der Waals surface area contributed by atoms with Gasteiger partial charge in [-0.3, -0.25) is 9.59 Å². The number of phenolic OH excluding ortho intramolecular Hbond substituents is 1. The molecule has 8 heteroatoms. The summed E-state index contributed by atoms with van der Waals surface area (Å²) in [6.07, 6.45) is 1.74. The number of carbonyl (C=O) groups excluding carboxylic acids is 2. The van der Waals surface area contributed by atoms with Crippen molar-refractivity contribution in [1.29, 1.82) is 0 Å². The summed E-state index contributed by atoms with van der Waals surface area (Å²) in [6, 6.07) is 22.7. The van der Waals surface area contributed by atoms with Crippen molar-refractivity contribution in [2.75, 3.05) is 12.4 Å². The molecule has 0 radical (unpaired) electrons. The number of methoxy groups -OCH3 is 1. The largest absolute Gasteiger partial charge is 0.506 e. The Morgan fingerprint density at radius 1 is 1.00 bits per heavy atom. The molecule has 4 rings (SSSR count). The minimum Gasteiger partial charge on any atom is -0.506 e. The molecule has 0 aromatic heterocycles. The molecular formula is C27H22ClN3O4. The number of hydrogen-bond acceptors (Lipinski definition) is 5. The third kappa shape index (κ3) is 5.77. The summed E-state index contributed by atoms with van der Waals surface area (Å²) in [5.74, 6) is -0.0163. The zero-order chi connectivity index (χ0) is 24.8. The molecule has 0 saturated heterocycles. The number of fused-ring (bicyclic) bond motifs is 1. The monoisotopic (exact) mass is 487 g/mol. The Balaban J connectivity index is 1.49. The molecule has 0 aliphatic carbocycles. The molecule has 2 amide bonds. The molecule has 35 heavy (non-hydrogen) atoms. The van der Waals surface area contributed by atoms with Gasteiger partial charge in [0.1, 0.15) is 11.5 Å². The van der Waals surface area contributed by atoms with E-state index in [2.05, 4.69) is 15.8 Å². The lowest BCUT2D eigenvalue weighted by Crippen LogP contribution is -2.17. The van der Waals surface area contributed by atoms with Crippen LogP contribution in [0, 0.1) is 0 Å². The van der Waals surface area contributed by atoms with Gasteiger partial charge in [-0.2, -0.15) is 5.10 Å². The lowest BCUT2D eigenvalue weighted by molar-refractivity contribution is -0.115. The van der Waals surface area contributed by atoms with Gasteiger partial charge in [0, 0.05) is 22.2 Å². The van der Waals surface area contributed by atoms with E-state index in [1.165, 1.54) is 24.4 Å². The Labute approximate surface area is 207 Å². The number of nitrogens with zero attached hydrogens (tertiary/aromatic N) is 1. The number of hydrogen-bond donors (Lipinski definition) is 3. The van der Waals surface area contributed by atoms with Gasteiger partial charge in [-0.05, 0) is 47.3 Å². The van der Waals surface area contributed by atoms with E-state index in [4.69, 9.17) is 16.3 Å². The minimum absolute atomic E-state index is 0.0802. The van der Waals surface area contributed by atoms with Crippen molar-refractivity contribution < 1.29 is 19.4 Å². The van der Waals surface area contributed by atoms with Gasteiger partial charge in [0.05, 0.1) is 24.8 Å². The fourth-order valence-electron chi connectivity index (χ4n) is 3.58. The van der Waals surface area contributed by atoms with Crippen molar-refractivity contribution in [3.05, 3.63) is 101 Å². The maximum absolute atomic E-state index is 12.7. The normalized spacial score (nSPS) is 10.9. The van der Waals surface area contributed by atoms with Gasteiger partial charge in [-0.1, -0.05) is 54.1 Å². The Bertz CT molecular complexity index is 1440. The third-order valence-electron chi connectivity index (χ3n) is 5.31. The summed E-state index contributed by atoms with van der Waals surface area (Å²) in [7, 11) is 1.59. The highest BCUT2D eigenvalue weighted by molar-refractivity contribution is 6.32. The molecule has 4 aromatic rings. The molecule has 0 aliphatic heterocycles. The molecule has 7 nitrogen and oxygen atoms in total. The number of carbonyl (C=O) groups is 2. The Hall–Kier alpha value is -4.36. The fourth-order valence-corrected chi connectivity index (χ4v) is 3.76. The average Bonchev–Trinajstić information content (AvgIpc) is 2.87. The van der Waals surface area contributed by atoms with E-state index < -0.39 is 5.91 Å². The van der Waals surface area contributed by atoms with Gasteiger partial charge in [-0.25, -0.2) is 5.43 Å². The predicted molar refractivity (Wildman–Crippen MR) is 137 cm³/mol. The Morgan fingerprint density at radius 3 is 2.57 bits per heavy atom. The molecular weight excluding hydrogens is 466 g/mol. The van der Waals surface area contributed by atoms with Crippen LogP contribution in [0.25, 0.3) is 10.8 Å². The van der Waals surface area contributed by atoms with E-state index in [0.29, 0.717) is 11.4 Å². The first kappa shape index (κ1) is 23.8. The van der Waals surface area contributed by atoms with Crippen LogP contribution in [0.15, 0.2) is 84.0 Å². The van der Waals surface area contributed by atoms with E-state index in [1.54, 1.807) is 13.2 Å². The maximum Gasteiger partial charge on any atom is 0.271 e. The first-order chi connectivity index (χ1) is 16.9. The molecule has 0 heterocycles. The van der Waals surface area contributed by atoms with E-state index in [1.807, 2.05) is 54.6 Å². The van der Waals surface area contributed by atoms with Gasteiger partial charge in [0.15, 0.2) is 0 Å². The number of aromatic hydroxyl groups is 1. The summed E-state index contributed by atoms with van der Waals surface area (Å²) in [5, 5.41) is 18.3. The van der Waals surface area contributed by atoms with Crippen molar-refractivity contribution in [2.24, 2.45) is 5.10 Å². The second-order valence-corrected chi connectivity index (χ2v) is 8.10. The number of benzene rings is 4. The van der Waals surface area contributed by atoms with Crippen molar-refractivity contribution in [1.82, 2.24) is 5.43 Å². The van der Waals surface area contributed by atoms with Gasteiger partial charge in [-0.15, -0.1) is 0 Å². The average molecular weight is 488 g/mol. The maximum atomic E-state index is 12.7. The summed E-state index contributed by atoms with van der Waals surface area (Å²) in [6.45, 7) is 0. The lowest BCUT2D eigenvalue weighted by atomic mass is 10.0. The molecule has 0 bridgehead atoms. The van der Waals surface area contributed by atoms with Crippen LogP contribution in [0.4, 0.5) is 5.69 Å². The smallest absolute Gasteiger partial charge is 0.271 e. The second-order valence-electron chi connectivity index (χ2n) is 7.69. The van der Waals surface area contributed by atoms with Crippen LogP contribution in [0.1, 0.15) is 21.5 Å². The molecule has 0 fully saturated rings. The highest BCUT2D eigenvalue weighted by Crippen LogP contribution is 2.27. The highest BCUT2D eigenvalue weighted by atomic mass is 35.5. The molecule has 4 aromatic carbocycles. The number of hydrazone groups is 1. The van der Waals surface area contributed by atoms with Crippen molar-refractivity contribution in [3.8, 4) is 11.5 Å². The van der Waals surface area contributed by atoms with Crippen LogP contribution < -0.4 is 15.5 Å². The molecule has 0 aliphatic rings.